The van der Waals surface area contributed by atoms with Gasteiger partial charge in [0.25, 0.3) is 0 Å². The fourth-order valence-electron chi connectivity index (χ4n) is 3.92. The van der Waals surface area contributed by atoms with Crippen molar-refractivity contribution in [3.8, 4) is 5.82 Å². The molecular weight excluding hydrogens is 376 g/mol. The van der Waals surface area contributed by atoms with Crippen LogP contribution in [-0.4, -0.2) is 57.0 Å². The molecule has 1 aliphatic heterocycles. The molecule has 1 aliphatic rings. The standard InChI is InChI=1S/C23H22N6O/c30-23(17-19-7-3-6-18-5-1-2-8-20(18)19)28-15-13-27(14-16-28)21-9-10-22(26-25-21)29-12-4-11-24-29/h1-12H,13-17H2. The summed E-state index contributed by atoms with van der Waals surface area (Å²) in [6, 6.07) is 20.1. The maximum Gasteiger partial charge on any atom is 0.227 e. The van der Waals surface area contributed by atoms with Crippen LogP contribution in [0.1, 0.15) is 5.56 Å². The van der Waals surface area contributed by atoms with E-state index in [1.807, 2.05) is 53.6 Å². The molecule has 0 atom stereocenters. The van der Waals surface area contributed by atoms with Gasteiger partial charge in [-0.25, -0.2) is 4.68 Å². The molecule has 0 N–H and O–H groups in total. The Morgan fingerprint density at radius 1 is 0.833 bits per heavy atom. The summed E-state index contributed by atoms with van der Waals surface area (Å²) in [6.45, 7) is 2.87. The summed E-state index contributed by atoms with van der Waals surface area (Å²) >= 11 is 0. The van der Waals surface area contributed by atoms with Crippen molar-refractivity contribution >= 4 is 22.5 Å². The predicted molar refractivity (Wildman–Crippen MR) is 116 cm³/mol. The van der Waals surface area contributed by atoms with Crippen molar-refractivity contribution in [1.29, 1.82) is 0 Å². The number of amides is 1. The van der Waals surface area contributed by atoms with E-state index < -0.39 is 0 Å². The van der Waals surface area contributed by atoms with Crippen LogP contribution in [0.2, 0.25) is 0 Å². The lowest BCUT2D eigenvalue weighted by Gasteiger charge is -2.35. The normalized spacial score (nSPS) is 14.3. The monoisotopic (exact) mass is 398 g/mol. The molecule has 3 heterocycles. The molecule has 2 aromatic carbocycles. The highest BCUT2D eigenvalue weighted by Gasteiger charge is 2.22. The number of nitrogens with zero attached hydrogens (tertiary/aromatic N) is 6. The van der Waals surface area contributed by atoms with E-state index in [2.05, 4.69) is 38.4 Å². The van der Waals surface area contributed by atoms with Crippen LogP contribution in [0.15, 0.2) is 73.1 Å². The molecule has 1 amide bonds. The second-order valence-corrected chi connectivity index (χ2v) is 7.38. The quantitative estimate of drug-likeness (QED) is 0.529. The summed E-state index contributed by atoms with van der Waals surface area (Å²) in [5, 5.41) is 15.1. The molecule has 1 fully saturated rings. The molecule has 0 unspecified atom stereocenters. The summed E-state index contributed by atoms with van der Waals surface area (Å²) < 4.78 is 1.68. The molecule has 1 saturated heterocycles. The highest BCUT2D eigenvalue weighted by atomic mass is 16.2. The van der Waals surface area contributed by atoms with E-state index in [1.165, 1.54) is 5.39 Å². The number of benzene rings is 2. The van der Waals surface area contributed by atoms with Crippen molar-refractivity contribution in [2.75, 3.05) is 31.1 Å². The zero-order valence-electron chi connectivity index (χ0n) is 16.6. The minimum atomic E-state index is 0.172. The van der Waals surface area contributed by atoms with Gasteiger partial charge in [-0.2, -0.15) is 5.10 Å². The molecule has 30 heavy (non-hydrogen) atoms. The van der Waals surface area contributed by atoms with Crippen molar-refractivity contribution in [3.05, 3.63) is 78.6 Å². The van der Waals surface area contributed by atoms with E-state index in [9.17, 15) is 4.79 Å². The Morgan fingerprint density at radius 3 is 2.37 bits per heavy atom. The Kier molecular flexibility index (Phi) is 4.85. The third kappa shape index (κ3) is 3.61. The van der Waals surface area contributed by atoms with E-state index in [4.69, 9.17) is 0 Å². The smallest absolute Gasteiger partial charge is 0.227 e. The Morgan fingerprint density at radius 2 is 1.60 bits per heavy atom. The molecule has 7 heteroatoms. The minimum absolute atomic E-state index is 0.172. The molecule has 0 aliphatic carbocycles. The van der Waals surface area contributed by atoms with E-state index in [0.29, 0.717) is 25.3 Å². The van der Waals surface area contributed by atoms with Crippen LogP contribution in [0.3, 0.4) is 0 Å². The lowest BCUT2D eigenvalue weighted by atomic mass is 10.0. The van der Waals surface area contributed by atoms with E-state index in [1.54, 1.807) is 10.9 Å². The third-order valence-electron chi connectivity index (χ3n) is 5.55. The first-order chi connectivity index (χ1) is 14.8. The molecule has 0 bridgehead atoms. The summed E-state index contributed by atoms with van der Waals surface area (Å²) in [7, 11) is 0. The van der Waals surface area contributed by atoms with Gasteiger partial charge in [0.15, 0.2) is 11.6 Å². The van der Waals surface area contributed by atoms with E-state index >= 15 is 0 Å². The van der Waals surface area contributed by atoms with Crippen molar-refractivity contribution in [2.45, 2.75) is 6.42 Å². The Hall–Kier alpha value is -3.74. The van der Waals surface area contributed by atoms with Gasteiger partial charge in [0.1, 0.15) is 0 Å². The predicted octanol–water partition coefficient (Wildman–Crippen LogP) is 2.71. The van der Waals surface area contributed by atoms with Gasteiger partial charge in [0, 0.05) is 38.6 Å². The topological polar surface area (TPSA) is 67.2 Å². The molecule has 2 aromatic heterocycles. The number of piperazine rings is 1. The van der Waals surface area contributed by atoms with Gasteiger partial charge in [-0.3, -0.25) is 4.79 Å². The second kappa shape index (κ2) is 7.94. The molecule has 7 nitrogen and oxygen atoms in total. The average molecular weight is 398 g/mol. The number of carbonyl (C=O) groups excluding carboxylic acids is 1. The third-order valence-corrected chi connectivity index (χ3v) is 5.55. The van der Waals surface area contributed by atoms with Crippen LogP contribution < -0.4 is 4.90 Å². The fourth-order valence-corrected chi connectivity index (χ4v) is 3.92. The zero-order valence-corrected chi connectivity index (χ0v) is 16.6. The maximum absolute atomic E-state index is 12.9. The number of carbonyl (C=O) groups is 1. The van der Waals surface area contributed by atoms with Crippen LogP contribution in [0, 0.1) is 0 Å². The largest absolute Gasteiger partial charge is 0.352 e. The first kappa shape index (κ1) is 18.3. The molecular formula is C23H22N6O. The Bertz CT molecular complexity index is 1140. The van der Waals surface area contributed by atoms with Crippen LogP contribution in [0.5, 0.6) is 0 Å². The lowest BCUT2D eigenvalue weighted by Crippen LogP contribution is -2.49. The Balaban J connectivity index is 1.22. The van der Waals surface area contributed by atoms with Crippen molar-refractivity contribution in [3.63, 3.8) is 0 Å². The molecule has 0 radical (unpaired) electrons. The average Bonchev–Trinajstić information content (AvgIpc) is 3.35. The number of fused-ring (bicyclic) bond motifs is 1. The van der Waals surface area contributed by atoms with Gasteiger partial charge >= 0.3 is 0 Å². The summed E-state index contributed by atoms with van der Waals surface area (Å²) in [4.78, 5) is 17.0. The highest BCUT2D eigenvalue weighted by Crippen LogP contribution is 2.20. The van der Waals surface area contributed by atoms with Gasteiger partial charge in [-0.15, -0.1) is 10.2 Å². The number of rotatable bonds is 4. The molecule has 150 valence electrons. The van der Waals surface area contributed by atoms with Crippen molar-refractivity contribution < 1.29 is 4.79 Å². The maximum atomic E-state index is 12.9. The van der Waals surface area contributed by atoms with Gasteiger partial charge in [-0.05, 0) is 34.5 Å². The van der Waals surface area contributed by atoms with Gasteiger partial charge in [-0.1, -0.05) is 42.5 Å². The van der Waals surface area contributed by atoms with Crippen LogP contribution in [-0.2, 0) is 11.2 Å². The summed E-state index contributed by atoms with van der Waals surface area (Å²) in [5.74, 6) is 1.69. The van der Waals surface area contributed by atoms with Gasteiger partial charge in [0.2, 0.25) is 5.91 Å². The first-order valence-electron chi connectivity index (χ1n) is 10.1. The molecule has 4 aromatic rings. The molecule has 0 spiro atoms. The fraction of sp³-hybridized carbons (Fsp3) is 0.217. The molecule has 0 saturated carbocycles. The summed E-state index contributed by atoms with van der Waals surface area (Å²) in [6.07, 6.45) is 3.98. The second-order valence-electron chi connectivity index (χ2n) is 7.38. The highest BCUT2D eigenvalue weighted by molar-refractivity contribution is 5.90. The number of hydrogen-bond donors (Lipinski definition) is 0. The zero-order chi connectivity index (χ0) is 20.3. The lowest BCUT2D eigenvalue weighted by molar-refractivity contribution is -0.130. The molecule has 5 rings (SSSR count). The van der Waals surface area contributed by atoms with Gasteiger partial charge in [0.05, 0.1) is 6.42 Å². The Labute approximate surface area is 174 Å². The van der Waals surface area contributed by atoms with Crippen LogP contribution in [0.25, 0.3) is 16.6 Å². The number of aromatic nitrogens is 4. The van der Waals surface area contributed by atoms with Crippen molar-refractivity contribution in [1.82, 2.24) is 24.9 Å². The van der Waals surface area contributed by atoms with Crippen LogP contribution in [0.4, 0.5) is 5.82 Å². The van der Waals surface area contributed by atoms with E-state index in [0.717, 1.165) is 29.9 Å². The SMILES string of the molecule is O=C(Cc1cccc2ccccc12)N1CCN(c2ccc(-n3cccn3)nn2)CC1. The van der Waals surface area contributed by atoms with E-state index in [-0.39, 0.29) is 5.91 Å². The number of anilines is 1. The van der Waals surface area contributed by atoms with Crippen LogP contribution >= 0.6 is 0 Å². The minimum Gasteiger partial charge on any atom is -0.352 e. The first-order valence-corrected chi connectivity index (χ1v) is 10.1. The summed E-state index contributed by atoms with van der Waals surface area (Å²) in [5.41, 5.74) is 1.08. The number of hydrogen-bond acceptors (Lipinski definition) is 5. The van der Waals surface area contributed by atoms with Crippen molar-refractivity contribution in [2.24, 2.45) is 0 Å². The van der Waals surface area contributed by atoms with Gasteiger partial charge < -0.3 is 9.80 Å².